The quantitative estimate of drug-likeness (QED) is 0.881. The smallest absolute Gasteiger partial charge is 0.123 e. The van der Waals surface area contributed by atoms with E-state index < -0.39 is 0 Å². The predicted molar refractivity (Wildman–Crippen MR) is 88.8 cm³/mol. The van der Waals surface area contributed by atoms with Gasteiger partial charge in [-0.05, 0) is 36.6 Å². The average molecular weight is 283 g/mol. The first-order valence-corrected chi connectivity index (χ1v) is 8.01. The van der Waals surface area contributed by atoms with E-state index >= 15 is 0 Å². The van der Waals surface area contributed by atoms with Gasteiger partial charge in [0, 0.05) is 17.6 Å². The SMILES string of the molecule is COc1ccc2ccccc2c1CNC1(C)CCCCC1. The molecule has 0 heterocycles. The summed E-state index contributed by atoms with van der Waals surface area (Å²) < 4.78 is 5.59. The maximum atomic E-state index is 5.59. The lowest BCUT2D eigenvalue weighted by molar-refractivity contribution is 0.251. The van der Waals surface area contributed by atoms with E-state index in [4.69, 9.17) is 4.74 Å². The number of ether oxygens (including phenoxy) is 1. The fraction of sp³-hybridized carbons (Fsp3) is 0.474. The summed E-state index contributed by atoms with van der Waals surface area (Å²) in [6, 6.07) is 12.8. The highest BCUT2D eigenvalue weighted by molar-refractivity contribution is 5.87. The first kappa shape index (κ1) is 14.4. The van der Waals surface area contributed by atoms with E-state index in [1.165, 1.54) is 48.4 Å². The molecule has 0 radical (unpaired) electrons. The number of rotatable bonds is 4. The molecule has 2 heteroatoms. The van der Waals surface area contributed by atoms with Gasteiger partial charge in [-0.2, -0.15) is 0 Å². The van der Waals surface area contributed by atoms with Gasteiger partial charge in [0.2, 0.25) is 0 Å². The van der Waals surface area contributed by atoms with Crippen LogP contribution in [-0.4, -0.2) is 12.6 Å². The molecule has 0 unspecified atom stereocenters. The van der Waals surface area contributed by atoms with E-state index in [1.54, 1.807) is 7.11 Å². The molecule has 1 aliphatic carbocycles. The van der Waals surface area contributed by atoms with Crippen molar-refractivity contribution in [3.05, 3.63) is 42.0 Å². The van der Waals surface area contributed by atoms with Crippen LogP contribution >= 0.6 is 0 Å². The van der Waals surface area contributed by atoms with Crippen molar-refractivity contribution < 1.29 is 4.74 Å². The molecule has 0 amide bonds. The zero-order valence-electron chi connectivity index (χ0n) is 13.1. The monoisotopic (exact) mass is 283 g/mol. The highest BCUT2D eigenvalue weighted by atomic mass is 16.5. The molecule has 21 heavy (non-hydrogen) atoms. The average Bonchev–Trinajstić information content (AvgIpc) is 2.53. The van der Waals surface area contributed by atoms with Crippen LogP contribution in [0.25, 0.3) is 10.8 Å². The van der Waals surface area contributed by atoms with E-state index in [0.717, 1.165) is 12.3 Å². The molecule has 1 saturated carbocycles. The van der Waals surface area contributed by atoms with E-state index in [0.29, 0.717) is 0 Å². The van der Waals surface area contributed by atoms with E-state index in [-0.39, 0.29) is 5.54 Å². The van der Waals surface area contributed by atoms with Crippen LogP contribution in [0.15, 0.2) is 36.4 Å². The van der Waals surface area contributed by atoms with Crippen molar-refractivity contribution in [2.45, 2.75) is 51.1 Å². The summed E-state index contributed by atoms with van der Waals surface area (Å²) in [5, 5.41) is 6.38. The molecular weight excluding hydrogens is 258 g/mol. The molecule has 2 aromatic rings. The minimum Gasteiger partial charge on any atom is -0.496 e. The molecule has 3 rings (SSSR count). The van der Waals surface area contributed by atoms with E-state index in [2.05, 4.69) is 48.6 Å². The number of hydrogen-bond donors (Lipinski definition) is 1. The largest absolute Gasteiger partial charge is 0.496 e. The van der Waals surface area contributed by atoms with Crippen LogP contribution in [0.2, 0.25) is 0 Å². The zero-order chi connectivity index (χ0) is 14.7. The highest BCUT2D eigenvalue weighted by Crippen LogP contribution is 2.31. The van der Waals surface area contributed by atoms with Crippen molar-refractivity contribution >= 4 is 10.8 Å². The third kappa shape index (κ3) is 3.06. The molecular formula is C19H25NO. The number of hydrogen-bond acceptors (Lipinski definition) is 2. The number of fused-ring (bicyclic) bond motifs is 1. The molecule has 2 aromatic carbocycles. The van der Waals surface area contributed by atoms with Gasteiger partial charge in [0.25, 0.3) is 0 Å². The van der Waals surface area contributed by atoms with Gasteiger partial charge < -0.3 is 10.1 Å². The van der Waals surface area contributed by atoms with Crippen LogP contribution in [0.5, 0.6) is 5.75 Å². The maximum absolute atomic E-state index is 5.59. The molecule has 1 fully saturated rings. The summed E-state index contributed by atoms with van der Waals surface area (Å²) in [6.45, 7) is 3.24. The van der Waals surface area contributed by atoms with Crippen molar-refractivity contribution in [3.8, 4) is 5.75 Å². The van der Waals surface area contributed by atoms with Gasteiger partial charge >= 0.3 is 0 Å². The fourth-order valence-electron chi connectivity index (χ4n) is 3.50. The van der Waals surface area contributed by atoms with E-state index in [9.17, 15) is 0 Å². The van der Waals surface area contributed by atoms with Crippen LogP contribution in [-0.2, 0) is 6.54 Å². The fourth-order valence-corrected chi connectivity index (χ4v) is 3.50. The summed E-state index contributed by atoms with van der Waals surface area (Å²) in [6.07, 6.45) is 6.63. The molecule has 112 valence electrons. The van der Waals surface area contributed by atoms with Crippen molar-refractivity contribution in [2.75, 3.05) is 7.11 Å². The number of methoxy groups -OCH3 is 1. The van der Waals surface area contributed by atoms with Crippen LogP contribution < -0.4 is 10.1 Å². The van der Waals surface area contributed by atoms with Crippen LogP contribution in [0.3, 0.4) is 0 Å². The summed E-state index contributed by atoms with van der Waals surface area (Å²) in [4.78, 5) is 0. The van der Waals surface area contributed by atoms with Crippen molar-refractivity contribution in [1.82, 2.24) is 5.32 Å². The second kappa shape index (κ2) is 6.07. The Balaban J connectivity index is 1.88. The summed E-state index contributed by atoms with van der Waals surface area (Å²) >= 11 is 0. The van der Waals surface area contributed by atoms with Gasteiger partial charge in [0.15, 0.2) is 0 Å². The summed E-state index contributed by atoms with van der Waals surface area (Å²) in [7, 11) is 1.76. The normalized spacial score (nSPS) is 17.8. The molecule has 0 aliphatic heterocycles. The number of benzene rings is 2. The van der Waals surface area contributed by atoms with Crippen LogP contribution in [0, 0.1) is 0 Å². The Morgan fingerprint density at radius 1 is 1.05 bits per heavy atom. The lowest BCUT2D eigenvalue weighted by Gasteiger charge is -2.35. The molecule has 0 bridgehead atoms. The molecule has 0 aromatic heterocycles. The summed E-state index contributed by atoms with van der Waals surface area (Å²) in [5.74, 6) is 0.987. The van der Waals surface area contributed by atoms with E-state index in [1.807, 2.05) is 0 Å². The Kier molecular flexibility index (Phi) is 4.16. The Bertz CT molecular complexity index is 614. The molecule has 0 spiro atoms. The van der Waals surface area contributed by atoms with Gasteiger partial charge in [0.1, 0.15) is 5.75 Å². The molecule has 0 saturated heterocycles. The highest BCUT2D eigenvalue weighted by Gasteiger charge is 2.26. The second-order valence-electron chi connectivity index (χ2n) is 6.44. The van der Waals surface area contributed by atoms with Crippen LogP contribution in [0.1, 0.15) is 44.6 Å². The molecule has 1 aliphatic rings. The van der Waals surface area contributed by atoms with Crippen LogP contribution in [0.4, 0.5) is 0 Å². The minimum atomic E-state index is 0.278. The van der Waals surface area contributed by atoms with Gasteiger partial charge in [0.05, 0.1) is 7.11 Å². The molecule has 1 N–H and O–H groups in total. The Morgan fingerprint density at radius 2 is 1.81 bits per heavy atom. The second-order valence-corrected chi connectivity index (χ2v) is 6.44. The number of nitrogens with one attached hydrogen (secondary N) is 1. The third-order valence-electron chi connectivity index (χ3n) is 4.87. The summed E-state index contributed by atoms with van der Waals surface area (Å²) in [5.41, 5.74) is 1.56. The molecule has 0 atom stereocenters. The molecule has 2 nitrogen and oxygen atoms in total. The topological polar surface area (TPSA) is 21.3 Å². The first-order valence-electron chi connectivity index (χ1n) is 8.01. The Morgan fingerprint density at radius 3 is 2.57 bits per heavy atom. The van der Waals surface area contributed by atoms with Gasteiger partial charge in [-0.3, -0.25) is 0 Å². The Hall–Kier alpha value is -1.54. The standard InChI is InChI=1S/C19H25NO/c1-19(12-6-3-7-13-19)20-14-17-16-9-5-4-8-15(16)10-11-18(17)21-2/h4-5,8-11,20H,3,6-7,12-14H2,1-2H3. The first-order chi connectivity index (χ1) is 10.2. The predicted octanol–water partition coefficient (Wildman–Crippen LogP) is 4.66. The Labute approximate surface area is 127 Å². The van der Waals surface area contributed by atoms with Gasteiger partial charge in [-0.15, -0.1) is 0 Å². The van der Waals surface area contributed by atoms with Crippen molar-refractivity contribution in [2.24, 2.45) is 0 Å². The third-order valence-corrected chi connectivity index (χ3v) is 4.87. The van der Waals surface area contributed by atoms with Gasteiger partial charge in [-0.25, -0.2) is 0 Å². The lowest BCUT2D eigenvalue weighted by Crippen LogP contribution is -2.43. The van der Waals surface area contributed by atoms with Crippen molar-refractivity contribution in [3.63, 3.8) is 0 Å². The zero-order valence-corrected chi connectivity index (χ0v) is 13.1. The minimum absolute atomic E-state index is 0.278. The van der Waals surface area contributed by atoms with Gasteiger partial charge in [-0.1, -0.05) is 49.6 Å². The lowest BCUT2D eigenvalue weighted by atomic mass is 9.83. The van der Waals surface area contributed by atoms with Crippen molar-refractivity contribution in [1.29, 1.82) is 0 Å². The maximum Gasteiger partial charge on any atom is 0.123 e.